The van der Waals surface area contributed by atoms with Crippen molar-refractivity contribution in [2.45, 2.75) is 39.2 Å². The fraction of sp³-hybridized carbons (Fsp3) is 0.529. The molecule has 1 aliphatic heterocycles. The number of aromatic nitrogens is 1. The van der Waals surface area contributed by atoms with Crippen molar-refractivity contribution in [3.05, 3.63) is 35.5 Å². The highest BCUT2D eigenvalue weighted by Gasteiger charge is 2.22. The number of fused-ring (bicyclic) bond motifs is 1. The van der Waals surface area contributed by atoms with Crippen molar-refractivity contribution < 1.29 is 0 Å². The van der Waals surface area contributed by atoms with Crippen LogP contribution in [-0.2, 0) is 6.54 Å². The van der Waals surface area contributed by atoms with Crippen LogP contribution in [0.2, 0.25) is 0 Å². The van der Waals surface area contributed by atoms with E-state index in [-0.39, 0.29) is 0 Å². The molecule has 0 bridgehead atoms. The van der Waals surface area contributed by atoms with Gasteiger partial charge >= 0.3 is 0 Å². The fourth-order valence-electron chi connectivity index (χ4n) is 3.35. The third-order valence-corrected chi connectivity index (χ3v) is 4.57. The second kappa shape index (κ2) is 5.01. The summed E-state index contributed by atoms with van der Waals surface area (Å²) in [5.74, 6) is 0.744. The van der Waals surface area contributed by atoms with E-state index in [0.717, 1.165) is 12.5 Å². The maximum atomic E-state index is 2.45. The van der Waals surface area contributed by atoms with Crippen LogP contribution >= 0.6 is 0 Å². The highest BCUT2D eigenvalue weighted by molar-refractivity contribution is 5.85. The Labute approximate surface area is 116 Å². The van der Waals surface area contributed by atoms with E-state index >= 15 is 0 Å². The van der Waals surface area contributed by atoms with Crippen molar-refractivity contribution in [1.29, 1.82) is 0 Å². The first-order valence-corrected chi connectivity index (χ1v) is 7.47. The first kappa shape index (κ1) is 12.7. The smallest absolute Gasteiger partial charge is 0.0483 e. The number of aryl methyl sites for hydroxylation is 2. The number of likely N-dealkylation sites (tertiary alicyclic amines) is 1. The Morgan fingerprint density at radius 2 is 1.95 bits per heavy atom. The Bertz CT molecular complexity index is 574. The summed E-state index contributed by atoms with van der Waals surface area (Å²) in [4.78, 5) is 2.45. The highest BCUT2D eigenvalue weighted by Crippen LogP contribution is 2.34. The average Bonchev–Trinajstić information content (AvgIpc) is 2.77. The molecule has 0 aliphatic carbocycles. The second-order valence-electron chi connectivity index (χ2n) is 5.97. The summed E-state index contributed by atoms with van der Waals surface area (Å²) in [6, 6.07) is 6.88. The molecule has 0 saturated carbocycles. The van der Waals surface area contributed by atoms with Crippen molar-refractivity contribution >= 4 is 10.9 Å². The zero-order chi connectivity index (χ0) is 13.4. The fourth-order valence-corrected chi connectivity index (χ4v) is 3.35. The van der Waals surface area contributed by atoms with Gasteiger partial charge in [-0.25, -0.2) is 0 Å². The molecule has 1 aromatic carbocycles. The molecule has 0 N–H and O–H groups in total. The third-order valence-electron chi connectivity index (χ3n) is 4.57. The molecule has 1 fully saturated rings. The molecule has 1 aromatic heterocycles. The van der Waals surface area contributed by atoms with E-state index in [1.807, 2.05) is 0 Å². The van der Waals surface area contributed by atoms with Gasteiger partial charge < -0.3 is 9.47 Å². The summed E-state index contributed by atoms with van der Waals surface area (Å²) in [5, 5.41) is 1.48. The van der Waals surface area contributed by atoms with Crippen LogP contribution in [-0.4, -0.2) is 29.6 Å². The summed E-state index contributed by atoms with van der Waals surface area (Å²) in [5.41, 5.74) is 4.35. The molecular formula is C17H24N2. The highest BCUT2D eigenvalue weighted by atomic mass is 15.1. The summed E-state index contributed by atoms with van der Waals surface area (Å²) in [7, 11) is 2.23. The maximum absolute atomic E-state index is 2.45. The monoisotopic (exact) mass is 256 g/mol. The lowest BCUT2D eigenvalue weighted by Gasteiger charge is -2.28. The molecular weight excluding hydrogens is 232 g/mol. The predicted octanol–water partition coefficient (Wildman–Crippen LogP) is 3.78. The van der Waals surface area contributed by atoms with Crippen molar-refractivity contribution in [2.75, 3.05) is 20.1 Å². The lowest BCUT2D eigenvalue weighted by Crippen LogP contribution is -2.29. The van der Waals surface area contributed by atoms with Crippen molar-refractivity contribution in [3.63, 3.8) is 0 Å². The topological polar surface area (TPSA) is 8.17 Å². The number of piperidine rings is 1. The Balaban J connectivity index is 2.05. The van der Waals surface area contributed by atoms with Crippen molar-refractivity contribution in [1.82, 2.24) is 9.47 Å². The van der Waals surface area contributed by atoms with Gasteiger partial charge in [0.05, 0.1) is 0 Å². The molecule has 3 rings (SSSR count). The van der Waals surface area contributed by atoms with Crippen LogP contribution in [0.1, 0.15) is 36.8 Å². The van der Waals surface area contributed by atoms with Crippen LogP contribution in [0.15, 0.2) is 24.4 Å². The van der Waals surface area contributed by atoms with Crippen LogP contribution in [0.3, 0.4) is 0 Å². The van der Waals surface area contributed by atoms with Gasteiger partial charge in [-0.3, -0.25) is 0 Å². The van der Waals surface area contributed by atoms with Gasteiger partial charge in [-0.1, -0.05) is 11.6 Å². The van der Waals surface area contributed by atoms with Crippen LogP contribution in [0.25, 0.3) is 10.9 Å². The lowest BCUT2D eigenvalue weighted by atomic mass is 9.89. The van der Waals surface area contributed by atoms with E-state index in [1.54, 1.807) is 5.56 Å². The van der Waals surface area contributed by atoms with E-state index in [1.165, 1.54) is 42.4 Å². The van der Waals surface area contributed by atoms with Gasteiger partial charge in [-0.2, -0.15) is 0 Å². The third kappa shape index (κ3) is 2.30. The normalized spacial score (nSPS) is 18.3. The molecule has 19 heavy (non-hydrogen) atoms. The van der Waals surface area contributed by atoms with Gasteiger partial charge in [0.1, 0.15) is 0 Å². The second-order valence-corrected chi connectivity index (χ2v) is 5.97. The Kier molecular flexibility index (Phi) is 3.36. The largest absolute Gasteiger partial charge is 0.347 e. The molecule has 1 saturated heterocycles. The van der Waals surface area contributed by atoms with E-state index in [2.05, 4.69) is 54.8 Å². The minimum atomic E-state index is 0.744. The minimum Gasteiger partial charge on any atom is -0.347 e. The molecule has 1 aliphatic rings. The molecule has 102 valence electrons. The van der Waals surface area contributed by atoms with Crippen LogP contribution in [0.4, 0.5) is 0 Å². The van der Waals surface area contributed by atoms with Crippen molar-refractivity contribution in [2.24, 2.45) is 0 Å². The van der Waals surface area contributed by atoms with E-state index in [4.69, 9.17) is 0 Å². The molecule has 0 atom stereocenters. The average molecular weight is 256 g/mol. The first-order chi connectivity index (χ1) is 9.19. The van der Waals surface area contributed by atoms with Crippen molar-refractivity contribution in [3.8, 4) is 0 Å². The number of benzene rings is 1. The minimum absolute atomic E-state index is 0.744. The van der Waals surface area contributed by atoms with Gasteiger partial charge in [0.25, 0.3) is 0 Å². The lowest BCUT2D eigenvalue weighted by molar-refractivity contribution is 0.256. The SMILES string of the molecule is CCn1cc(C2CCN(C)CC2)c2cc(C)ccc21. The zero-order valence-corrected chi connectivity index (χ0v) is 12.3. The predicted molar refractivity (Wildman–Crippen MR) is 81.8 cm³/mol. The quantitative estimate of drug-likeness (QED) is 0.794. The Morgan fingerprint density at radius 1 is 1.21 bits per heavy atom. The van der Waals surface area contributed by atoms with Gasteiger partial charge in [-0.05, 0) is 70.4 Å². The Morgan fingerprint density at radius 3 is 2.63 bits per heavy atom. The standard InChI is InChI=1S/C17H24N2/c1-4-19-12-16(14-7-9-18(3)10-8-14)15-11-13(2)5-6-17(15)19/h5-6,11-12,14H,4,7-10H2,1-3H3. The molecule has 0 radical (unpaired) electrons. The summed E-state index contributed by atoms with van der Waals surface area (Å²) in [6.45, 7) is 7.95. The molecule has 2 heterocycles. The molecule has 0 spiro atoms. The van der Waals surface area contributed by atoms with Gasteiger partial charge in [0.15, 0.2) is 0 Å². The number of hydrogen-bond donors (Lipinski definition) is 0. The van der Waals surface area contributed by atoms with Crippen LogP contribution < -0.4 is 0 Å². The van der Waals surface area contributed by atoms with Gasteiger partial charge in [0, 0.05) is 23.6 Å². The summed E-state index contributed by atoms with van der Waals surface area (Å²) < 4.78 is 2.41. The Hall–Kier alpha value is -1.28. The van der Waals surface area contributed by atoms with Gasteiger partial charge in [0.2, 0.25) is 0 Å². The maximum Gasteiger partial charge on any atom is 0.0483 e. The van der Waals surface area contributed by atoms with Crippen LogP contribution in [0.5, 0.6) is 0 Å². The summed E-state index contributed by atoms with van der Waals surface area (Å²) in [6.07, 6.45) is 5.00. The zero-order valence-electron chi connectivity index (χ0n) is 12.3. The number of hydrogen-bond acceptors (Lipinski definition) is 1. The van der Waals surface area contributed by atoms with Gasteiger partial charge in [-0.15, -0.1) is 0 Å². The number of nitrogens with zero attached hydrogens (tertiary/aromatic N) is 2. The van der Waals surface area contributed by atoms with Crippen LogP contribution in [0, 0.1) is 6.92 Å². The molecule has 2 nitrogen and oxygen atoms in total. The first-order valence-electron chi connectivity index (χ1n) is 7.47. The molecule has 2 heteroatoms. The summed E-state index contributed by atoms with van der Waals surface area (Å²) >= 11 is 0. The van der Waals surface area contributed by atoms with E-state index < -0.39 is 0 Å². The molecule has 0 unspecified atom stereocenters. The molecule has 2 aromatic rings. The van der Waals surface area contributed by atoms with E-state index in [0.29, 0.717) is 0 Å². The van der Waals surface area contributed by atoms with E-state index in [9.17, 15) is 0 Å². The molecule has 0 amide bonds. The number of rotatable bonds is 2.